The lowest BCUT2D eigenvalue weighted by molar-refractivity contribution is -0.113. The third-order valence-electron chi connectivity index (χ3n) is 9.64. The third kappa shape index (κ3) is 9.32. The SMILES string of the molecule is CCCCN(CCCC)c1ccc(C=CC2=CC=C(C3=C(O)C(=C4C=CC(/C=C/c5ccc(N(CCCC)CCCC)cc5)=N4)C3=O)C2)cc1. The van der Waals surface area contributed by atoms with Crippen LogP contribution in [0.2, 0.25) is 0 Å². The van der Waals surface area contributed by atoms with Crippen LogP contribution in [0.4, 0.5) is 11.4 Å². The number of aliphatic imine (C=N–C) groups is 1. The summed E-state index contributed by atoms with van der Waals surface area (Å²) in [5.41, 5.74) is 8.76. The van der Waals surface area contributed by atoms with Crippen LogP contribution in [-0.4, -0.2) is 42.8 Å². The third-order valence-corrected chi connectivity index (χ3v) is 9.64. The van der Waals surface area contributed by atoms with Crippen molar-refractivity contribution in [2.45, 2.75) is 85.5 Å². The van der Waals surface area contributed by atoms with Crippen LogP contribution in [0.3, 0.4) is 0 Å². The number of Topliss-reactive ketones (excluding diaryl/α,β-unsaturated/α-hetero) is 1. The number of ketones is 1. The van der Waals surface area contributed by atoms with Gasteiger partial charge in [0.25, 0.3) is 0 Å². The molecule has 1 N–H and O–H groups in total. The van der Waals surface area contributed by atoms with Gasteiger partial charge in [0.2, 0.25) is 5.78 Å². The highest BCUT2D eigenvalue weighted by molar-refractivity contribution is 6.23. The second kappa shape index (κ2) is 18.4. The van der Waals surface area contributed by atoms with Crippen LogP contribution in [0.5, 0.6) is 0 Å². The summed E-state index contributed by atoms with van der Waals surface area (Å²) >= 11 is 0. The van der Waals surface area contributed by atoms with Crippen molar-refractivity contribution in [3.63, 3.8) is 0 Å². The van der Waals surface area contributed by atoms with Gasteiger partial charge in [-0.1, -0.05) is 108 Å². The van der Waals surface area contributed by atoms with E-state index in [0.29, 0.717) is 23.3 Å². The summed E-state index contributed by atoms with van der Waals surface area (Å²) in [6.45, 7) is 13.3. The van der Waals surface area contributed by atoms with E-state index in [1.807, 2.05) is 36.5 Å². The highest BCUT2D eigenvalue weighted by atomic mass is 16.3. The molecule has 0 saturated heterocycles. The molecule has 2 aromatic carbocycles. The molecule has 0 bridgehead atoms. The second-order valence-electron chi connectivity index (χ2n) is 13.5. The van der Waals surface area contributed by atoms with Gasteiger partial charge in [-0.2, -0.15) is 0 Å². The van der Waals surface area contributed by atoms with Crippen molar-refractivity contribution < 1.29 is 9.90 Å². The smallest absolute Gasteiger partial charge is 0.202 e. The first-order valence-electron chi connectivity index (χ1n) is 18.9. The largest absolute Gasteiger partial charge is 0.506 e. The van der Waals surface area contributed by atoms with Crippen molar-refractivity contribution in [3.8, 4) is 0 Å². The van der Waals surface area contributed by atoms with Gasteiger partial charge in [-0.15, -0.1) is 0 Å². The zero-order chi connectivity index (χ0) is 35.3. The number of carbonyl (C=O) groups is 1. The van der Waals surface area contributed by atoms with Crippen molar-refractivity contribution in [1.82, 2.24) is 0 Å². The predicted octanol–water partition coefficient (Wildman–Crippen LogP) is 11.1. The minimum Gasteiger partial charge on any atom is -0.506 e. The number of nitrogens with zero attached hydrogens (tertiary/aromatic N) is 3. The van der Waals surface area contributed by atoms with E-state index in [1.165, 1.54) is 62.7 Å². The number of unbranched alkanes of at least 4 members (excludes halogenated alkanes) is 4. The number of aliphatic hydroxyl groups excluding tert-OH is 1. The van der Waals surface area contributed by atoms with E-state index < -0.39 is 0 Å². The average Bonchev–Trinajstić information content (AvgIpc) is 3.80. The maximum absolute atomic E-state index is 13.3. The van der Waals surface area contributed by atoms with E-state index in [9.17, 15) is 9.90 Å². The van der Waals surface area contributed by atoms with E-state index in [1.54, 1.807) is 0 Å². The lowest BCUT2D eigenvalue weighted by Gasteiger charge is -2.24. The van der Waals surface area contributed by atoms with E-state index >= 15 is 0 Å². The maximum Gasteiger partial charge on any atom is 0.202 e. The Morgan fingerprint density at radius 1 is 0.640 bits per heavy atom. The van der Waals surface area contributed by atoms with E-state index in [2.05, 4.69) is 103 Å². The first-order valence-corrected chi connectivity index (χ1v) is 18.9. The van der Waals surface area contributed by atoms with Crippen LogP contribution < -0.4 is 9.80 Å². The normalized spacial score (nSPS) is 17.2. The molecule has 0 radical (unpaired) electrons. The molecule has 5 nitrogen and oxygen atoms in total. The Kier molecular flexibility index (Phi) is 13.5. The molecule has 1 heterocycles. The lowest BCUT2D eigenvalue weighted by atomic mass is 9.81. The number of anilines is 2. The van der Waals surface area contributed by atoms with Crippen molar-refractivity contribution in [1.29, 1.82) is 0 Å². The minimum atomic E-state index is -0.140. The lowest BCUT2D eigenvalue weighted by Crippen LogP contribution is -2.25. The molecule has 0 aromatic heterocycles. The highest BCUT2D eigenvalue weighted by Crippen LogP contribution is 2.41. The molecule has 0 amide bonds. The summed E-state index contributed by atoms with van der Waals surface area (Å²) in [6, 6.07) is 17.5. The van der Waals surface area contributed by atoms with Gasteiger partial charge in [-0.05, 0) is 96.9 Å². The quantitative estimate of drug-likeness (QED) is 0.151. The van der Waals surface area contributed by atoms with Crippen LogP contribution in [0.1, 0.15) is 96.6 Å². The summed E-state index contributed by atoms with van der Waals surface area (Å²) in [6.07, 6.45) is 26.1. The molecule has 5 heteroatoms. The van der Waals surface area contributed by atoms with Crippen molar-refractivity contribution >= 4 is 35.0 Å². The van der Waals surface area contributed by atoms with Gasteiger partial charge in [-0.25, -0.2) is 4.99 Å². The van der Waals surface area contributed by atoms with Crippen LogP contribution in [0.15, 0.2) is 124 Å². The van der Waals surface area contributed by atoms with Gasteiger partial charge in [-0.3, -0.25) is 4.79 Å². The van der Waals surface area contributed by atoms with Gasteiger partial charge in [0.05, 0.1) is 22.6 Å². The molecular formula is C45H55N3O2. The van der Waals surface area contributed by atoms with Crippen molar-refractivity contribution in [2.24, 2.45) is 4.99 Å². The van der Waals surface area contributed by atoms with E-state index in [4.69, 9.17) is 0 Å². The van der Waals surface area contributed by atoms with Crippen molar-refractivity contribution in [2.75, 3.05) is 36.0 Å². The molecule has 50 heavy (non-hydrogen) atoms. The molecular weight excluding hydrogens is 615 g/mol. The summed E-state index contributed by atoms with van der Waals surface area (Å²) in [7, 11) is 0. The Morgan fingerprint density at radius 2 is 1.14 bits per heavy atom. The molecule has 1 aliphatic heterocycles. The Labute approximate surface area is 300 Å². The molecule has 0 unspecified atom stereocenters. The number of hydrogen-bond donors (Lipinski definition) is 1. The minimum absolute atomic E-state index is 0.0473. The first-order chi connectivity index (χ1) is 24.4. The fraction of sp³-hybridized carbons (Fsp3) is 0.378. The van der Waals surface area contributed by atoms with Gasteiger partial charge in [0.15, 0.2) is 0 Å². The van der Waals surface area contributed by atoms with Crippen LogP contribution in [0, 0.1) is 0 Å². The molecule has 0 spiro atoms. The van der Waals surface area contributed by atoms with Gasteiger partial charge < -0.3 is 14.9 Å². The molecule has 0 fully saturated rings. The Hall–Kier alpha value is -4.64. The standard InChI is InChI=1S/C45H55N3O2/c1-5-9-29-47(30-10-6-2)39-24-17-34(18-25-39)13-14-36-15-21-37(33-36)42-44(49)43(45(42)50)41-28-23-38(46-41)22-16-35-19-26-40(27-20-35)48(31-11-7-3)32-12-8-4/h13-28,49H,5-12,29-33H2,1-4H3/b14-13?,22-16+,43-41?. The fourth-order valence-corrected chi connectivity index (χ4v) is 6.49. The number of carbonyl (C=O) groups excluding carboxylic acids is 1. The van der Waals surface area contributed by atoms with Gasteiger partial charge >= 0.3 is 0 Å². The molecule has 5 rings (SSSR count). The fourth-order valence-electron chi connectivity index (χ4n) is 6.49. The van der Waals surface area contributed by atoms with Crippen molar-refractivity contribution in [3.05, 3.63) is 130 Å². The second-order valence-corrected chi connectivity index (χ2v) is 13.5. The molecule has 262 valence electrons. The molecule has 2 aromatic rings. The van der Waals surface area contributed by atoms with Gasteiger partial charge in [0, 0.05) is 37.6 Å². The number of hydrogen-bond acceptors (Lipinski definition) is 5. The summed E-state index contributed by atoms with van der Waals surface area (Å²) in [5.74, 6) is -0.0929. The average molecular weight is 670 g/mol. The zero-order valence-electron chi connectivity index (χ0n) is 30.6. The van der Waals surface area contributed by atoms with E-state index in [0.717, 1.165) is 54.2 Å². The van der Waals surface area contributed by atoms with Crippen LogP contribution in [-0.2, 0) is 4.79 Å². The number of rotatable bonds is 19. The van der Waals surface area contributed by atoms with E-state index in [-0.39, 0.29) is 11.5 Å². The molecule has 3 aliphatic rings. The number of allylic oxidation sites excluding steroid dienone is 10. The molecule has 2 aliphatic carbocycles. The summed E-state index contributed by atoms with van der Waals surface area (Å²) in [5, 5.41) is 11.0. The monoisotopic (exact) mass is 669 g/mol. The van der Waals surface area contributed by atoms with Crippen LogP contribution in [0.25, 0.3) is 12.2 Å². The number of aliphatic hydroxyl groups is 1. The first kappa shape index (κ1) is 36.6. The Morgan fingerprint density at radius 3 is 1.62 bits per heavy atom. The maximum atomic E-state index is 13.3. The Bertz CT molecular complexity index is 1710. The summed E-state index contributed by atoms with van der Waals surface area (Å²) < 4.78 is 0. The summed E-state index contributed by atoms with van der Waals surface area (Å²) in [4.78, 5) is 22.9. The zero-order valence-corrected chi connectivity index (χ0v) is 30.6. The Balaban J connectivity index is 1.17. The van der Waals surface area contributed by atoms with Crippen LogP contribution >= 0.6 is 0 Å². The topological polar surface area (TPSA) is 56.1 Å². The van der Waals surface area contributed by atoms with Gasteiger partial charge in [0.1, 0.15) is 5.76 Å². The molecule has 0 atom stereocenters. The predicted molar refractivity (Wildman–Crippen MR) is 214 cm³/mol. The molecule has 0 saturated carbocycles. The highest BCUT2D eigenvalue weighted by Gasteiger charge is 2.39. The number of benzene rings is 2.